The maximum atomic E-state index is 12.0. The molecule has 0 unspecified atom stereocenters. The van der Waals surface area contributed by atoms with E-state index in [0.717, 1.165) is 15.1 Å². The van der Waals surface area contributed by atoms with Crippen LogP contribution in [0.3, 0.4) is 0 Å². The minimum absolute atomic E-state index is 0.257. The van der Waals surface area contributed by atoms with Gasteiger partial charge >= 0.3 is 0 Å². The third-order valence-electron chi connectivity index (χ3n) is 3.35. The topological polar surface area (TPSA) is 68.5 Å². The molecule has 0 bridgehead atoms. The number of hydrogen-bond acceptors (Lipinski definition) is 5. The molecule has 0 saturated carbocycles. The van der Waals surface area contributed by atoms with E-state index in [1.165, 1.54) is 23.7 Å². The molecule has 1 aromatic carbocycles. The Morgan fingerprint density at radius 3 is 2.75 bits per heavy atom. The fourth-order valence-electron chi connectivity index (χ4n) is 2.12. The lowest BCUT2D eigenvalue weighted by Crippen LogP contribution is -2.12. The van der Waals surface area contributed by atoms with Gasteiger partial charge in [0.2, 0.25) is 0 Å². The van der Waals surface area contributed by atoms with Crippen LogP contribution in [0.15, 0.2) is 51.7 Å². The summed E-state index contributed by atoms with van der Waals surface area (Å²) in [6.07, 6.45) is 4.33. The number of hydrogen-bond donors (Lipinski definition) is 0. The lowest BCUT2D eigenvalue weighted by molar-refractivity contribution is -0.113. The van der Waals surface area contributed by atoms with Crippen LogP contribution in [-0.4, -0.2) is 25.1 Å². The molecule has 0 aliphatic carbocycles. The first-order valence-corrected chi connectivity index (χ1v) is 10.5. The molecule has 0 saturated heterocycles. The fraction of sp³-hybridized carbons (Fsp3) is 0.125. The van der Waals surface area contributed by atoms with Crippen LogP contribution in [0.25, 0.3) is 16.3 Å². The number of thiophene rings is 1. The molecule has 3 rings (SSSR count). The van der Waals surface area contributed by atoms with Crippen LogP contribution in [0.5, 0.6) is 0 Å². The quantitative estimate of drug-likeness (QED) is 0.658. The number of fused-ring (bicyclic) bond motifs is 1. The standard InChI is InChI=1S/C16H14N2O3S3/c1-18-13-7-6-12(24(2,20)21)10-14(13)23-16(18)17-15(19)8-5-11-4-3-9-22-11/h3-10H,1-2H3. The van der Waals surface area contributed by atoms with E-state index in [2.05, 4.69) is 4.99 Å². The molecule has 0 N–H and O–H groups in total. The number of carbonyl (C=O) groups excluding carboxylic acids is 1. The monoisotopic (exact) mass is 378 g/mol. The van der Waals surface area contributed by atoms with Crippen molar-refractivity contribution in [1.82, 2.24) is 4.57 Å². The molecule has 8 heteroatoms. The van der Waals surface area contributed by atoms with E-state index in [1.54, 1.807) is 47.2 Å². The summed E-state index contributed by atoms with van der Waals surface area (Å²) in [4.78, 5) is 17.9. The van der Waals surface area contributed by atoms with Crippen molar-refractivity contribution in [2.24, 2.45) is 12.0 Å². The van der Waals surface area contributed by atoms with Gasteiger partial charge in [0, 0.05) is 24.3 Å². The van der Waals surface area contributed by atoms with Gasteiger partial charge in [0.05, 0.1) is 15.1 Å². The van der Waals surface area contributed by atoms with Crippen LogP contribution < -0.4 is 4.80 Å². The van der Waals surface area contributed by atoms with E-state index < -0.39 is 9.84 Å². The van der Waals surface area contributed by atoms with Crippen molar-refractivity contribution in [3.8, 4) is 0 Å². The van der Waals surface area contributed by atoms with Gasteiger partial charge in [0.25, 0.3) is 5.91 Å². The van der Waals surface area contributed by atoms with E-state index in [1.807, 2.05) is 17.5 Å². The maximum Gasteiger partial charge on any atom is 0.272 e. The largest absolute Gasteiger partial charge is 0.319 e. The second kappa shape index (κ2) is 6.46. The zero-order valence-electron chi connectivity index (χ0n) is 13.0. The predicted molar refractivity (Wildman–Crippen MR) is 97.8 cm³/mol. The number of benzene rings is 1. The summed E-state index contributed by atoms with van der Waals surface area (Å²) in [6, 6.07) is 8.73. The lowest BCUT2D eigenvalue weighted by Gasteiger charge is -1.98. The minimum Gasteiger partial charge on any atom is -0.319 e. The third-order valence-corrected chi connectivity index (χ3v) is 6.39. The summed E-state index contributed by atoms with van der Waals surface area (Å²) in [5.41, 5.74) is 0.834. The molecule has 2 heterocycles. The van der Waals surface area contributed by atoms with Crippen molar-refractivity contribution in [2.45, 2.75) is 4.90 Å². The first kappa shape index (κ1) is 16.8. The normalized spacial score (nSPS) is 13.2. The Morgan fingerprint density at radius 1 is 1.29 bits per heavy atom. The second-order valence-corrected chi connectivity index (χ2v) is 9.15. The number of thiazole rings is 1. The highest BCUT2D eigenvalue weighted by Crippen LogP contribution is 2.21. The van der Waals surface area contributed by atoms with Gasteiger partial charge in [0.15, 0.2) is 14.6 Å². The van der Waals surface area contributed by atoms with Gasteiger partial charge in [-0.3, -0.25) is 4.79 Å². The molecule has 2 aromatic heterocycles. The third kappa shape index (κ3) is 3.55. The van der Waals surface area contributed by atoms with Crippen molar-refractivity contribution >= 4 is 54.7 Å². The summed E-state index contributed by atoms with van der Waals surface area (Å²) >= 11 is 2.83. The van der Waals surface area contributed by atoms with Crippen LogP contribution >= 0.6 is 22.7 Å². The lowest BCUT2D eigenvalue weighted by atomic mass is 10.3. The van der Waals surface area contributed by atoms with Crippen LogP contribution in [0, 0.1) is 0 Å². The molecule has 0 fully saturated rings. The van der Waals surface area contributed by atoms with Gasteiger partial charge < -0.3 is 4.57 Å². The Labute approximate surface area is 147 Å². The number of carbonyl (C=O) groups is 1. The van der Waals surface area contributed by atoms with E-state index >= 15 is 0 Å². The SMILES string of the molecule is Cn1c(=NC(=O)C=Cc2cccs2)sc2cc(S(C)(=O)=O)ccc21. The number of aromatic nitrogens is 1. The van der Waals surface area contributed by atoms with Gasteiger partial charge in [-0.1, -0.05) is 17.4 Å². The molecule has 3 aromatic rings. The van der Waals surface area contributed by atoms with Gasteiger partial charge in [-0.15, -0.1) is 11.3 Å². The molecule has 5 nitrogen and oxygen atoms in total. The summed E-state index contributed by atoms with van der Waals surface area (Å²) in [5.74, 6) is -0.353. The van der Waals surface area contributed by atoms with Crippen molar-refractivity contribution in [1.29, 1.82) is 0 Å². The summed E-state index contributed by atoms with van der Waals surface area (Å²) in [5, 5.41) is 1.94. The number of amides is 1. The van der Waals surface area contributed by atoms with Crippen LogP contribution in [0.2, 0.25) is 0 Å². The van der Waals surface area contributed by atoms with Crippen molar-refractivity contribution in [3.63, 3.8) is 0 Å². The predicted octanol–water partition coefficient (Wildman–Crippen LogP) is 2.85. The Morgan fingerprint density at radius 2 is 2.08 bits per heavy atom. The molecule has 1 amide bonds. The fourth-order valence-corrected chi connectivity index (χ4v) is 4.53. The smallest absolute Gasteiger partial charge is 0.272 e. The zero-order valence-corrected chi connectivity index (χ0v) is 15.4. The molecule has 0 atom stereocenters. The number of rotatable bonds is 3. The highest BCUT2D eigenvalue weighted by atomic mass is 32.2. The molecule has 0 radical (unpaired) electrons. The Balaban J connectivity index is 2.00. The van der Waals surface area contributed by atoms with Gasteiger partial charge in [-0.25, -0.2) is 8.42 Å². The average Bonchev–Trinajstić information content (AvgIpc) is 3.13. The highest BCUT2D eigenvalue weighted by molar-refractivity contribution is 7.90. The molecule has 24 heavy (non-hydrogen) atoms. The van der Waals surface area contributed by atoms with Crippen molar-refractivity contribution in [3.05, 3.63) is 51.5 Å². The van der Waals surface area contributed by atoms with Crippen molar-refractivity contribution in [2.75, 3.05) is 6.26 Å². The van der Waals surface area contributed by atoms with Crippen molar-refractivity contribution < 1.29 is 13.2 Å². The Hall–Kier alpha value is -2.03. The van der Waals surface area contributed by atoms with Crippen LogP contribution in [0.1, 0.15) is 4.88 Å². The van der Waals surface area contributed by atoms with E-state index in [0.29, 0.717) is 4.80 Å². The summed E-state index contributed by atoms with van der Waals surface area (Å²) < 4.78 is 25.9. The maximum absolute atomic E-state index is 12.0. The number of aryl methyl sites for hydroxylation is 1. The van der Waals surface area contributed by atoms with E-state index in [-0.39, 0.29) is 10.8 Å². The van der Waals surface area contributed by atoms with Crippen LogP contribution in [-0.2, 0) is 21.7 Å². The van der Waals surface area contributed by atoms with E-state index in [4.69, 9.17) is 0 Å². The Kier molecular flexibility index (Phi) is 4.53. The highest BCUT2D eigenvalue weighted by Gasteiger charge is 2.10. The summed E-state index contributed by atoms with van der Waals surface area (Å²) in [6.45, 7) is 0. The van der Waals surface area contributed by atoms with Gasteiger partial charge in [0.1, 0.15) is 0 Å². The molecule has 124 valence electrons. The summed E-state index contributed by atoms with van der Waals surface area (Å²) in [7, 11) is -1.47. The molecule has 0 spiro atoms. The number of sulfone groups is 1. The minimum atomic E-state index is -3.26. The first-order chi connectivity index (χ1) is 11.3. The first-order valence-electron chi connectivity index (χ1n) is 6.94. The zero-order chi connectivity index (χ0) is 17.3. The Bertz CT molecular complexity index is 1100. The van der Waals surface area contributed by atoms with E-state index in [9.17, 15) is 13.2 Å². The number of nitrogens with zero attached hydrogens (tertiary/aromatic N) is 2. The van der Waals surface area contributed by atoms with Crippen LogP contribution in [0.4, 0.5) is 0 Å². The molecular formula is C16H14N2O3S3. The average molecular weight is 379 g/mol. The second-order valence-electron chi connectivity index (χ2n) is 5.14. The molecule has 0 aliphatic heterocycles. The molecular weight excluding hydrogens is 364 g/mol. The molecule has 0 aliphatic rings. The van der Waals surface area contributed by atoms with Gasteiger partial charge in [-0.05, 0) is 35.7 Å². The van der Waals surface area contributed by atoms with Gasteiger partial charge in [-0.2, -0.15) is 4.99 Å².